The molecule has 170 valence electrons. The van der Waals surface area contributed by atoms with Gasteiger partial charge in [0.25, 0.3) is 5.91 Å². The number of ether oxygens (including phenoxy) is 2. The molecule has 1 unspecified atom stereocenters. The van der Waals surface area contributed by atoms with Crippen LogP contribution in [-0.2, 0) is 16.1 Å². The van der Waals surface area contributed by atoms with E-state index in [1.54, 1.807) is 73.7 Å². The minimum atomic E-state index is -0.818. The summed E-state index contributed by atoms with van der Waals surface area (Å²) in [5.74, 6) is -0.350. The van der Waals surface area contributed by atoms with Gasteiger partial charge in [-0.05, 0) is 86.5 Å². The Morgan fingerprint density at radius 1 is 0.939 bits per heavy atom. The minimum absolute atomic E-state index is 0.0439. The Balaban J connectivity index is 1.50. The Labute approximate surface area is 197 Å². The van der Waals surface area contributed by atoms with E-state index in [-0.39, 0.29) is 18.3 Å². The number of carbonyl (C=O) groups is 3. The van der Waals surface area contributed by atoms with Crippen molar-refractivity contribution >= 4 is 34.9 Å². The lowest BCUT2D eigenvalue weighted by atomic mass is 10.1. The van der Waals surface area contributed by atoms with Gasteiger partial charge in [0.15, 0.2) is 11.9 Å². The van der Waals surface area contributed by atoms with E-state index >= 15 is 0 Å². The lowest BCUT2D eigenvalue weighted by Crippen LogP contribution is -2.26. The second-order valence-electron chi connectivity index (χ2n) is 7.56. The molecule has 6 nitrogen and oxygen atoms in total. The van der Waals surface area contributed by atoms with Crippen molar-refractivity contribution in [3.8, 4) is 5.75 Å². The lowest BCUT2D eigenvalue weighted by Gasteiger charge is -2.14. The highest BCUT2D eigenvalue weighted by molar-refractivity contribution is 6.31. The van der Waals surface area contributed by atoms with Crippen molar-refractivity contribution in [3.05, 3.63) is 94.0 Å². The van der Waals surface area contributed by atoms with Gasteiger partial charge in [-0.3, -0.25) is 9.59 Å². The first kappa shape index (κ1) is 24.0. The highest BCUT2D eigenvalue weighted by atomic mass is 35.5. The smallest absolute Gasteiger partial charge is 0.347 e. The Bertz CT molecular complexity index is 1160. The number of anilines is 1. The van der Waals surface area contributed by atoms with E-state index in [4.69, 9.17) is 21.1 Å². The number of Topliss-reactive ketones (excluding diaryl/α,β-unsaturated/α-hetero) is 1. The Morgan fingerprint density at radius 2 is 1.58 bits per heavy atom. The van der Waals surface area contributed by atoms with Crippen LogP contribution in [0.5, 0.6) is 5.75 Å². The zero-order chi connectivity index (χ0) is 24.0. The van der Waals surface area contributed by atoms with Crippen LogP contribution in [0.4, 0.5) is 5.69 Å². The molecule has 3 aromatic rings. The number of benzene rings is 3. The van der Waals surface area contributed by atoms with Gasteiger partial charge in [-0.15, -0.1) is 0 Å². The third-order valence-corrected chi connectivity index (χ3v) is 5.34. The largest absolute Gasteiger partial charge is 0.479 e. The zero-order valence-corrected chi connectivity index (χ0v) is 19.3. The van der Waals surface area contributed by atoms with Crippen LogP contribution in [0.1, 0.15) is 45.7 Å². The van der Waals surface area contributed by atoms with Crippen LogP contribution in [0, 0.1) is 6.92 Å². The third kappa shape index (κ3) is 6.67. The molecule has 0 aliphatic carbocycles. The third-order valence-electron chi connectivity index (χ3n) is 4.92. The van der Waals surface area contributed by atoms with Crippen LogP contribution in [0.3, 0.4) is 0 Å². The van der Waals surface area contributed by atoms with Gasteiger partial charge in [-0.2, -0.15) is 0 Å². The molecule has 1 amide bonds. The van der Waals surface area contributed by atoms with Gasteiger partial charge >= 0.3 is 5.97 Å². The molecule has 7 heteroatoms. The summed E-state index contributed by atoms with van der Waals surface area (Å²) in [6, 6.07) is 18.6. The fourth-order valence-corrected chi connectivity index (χ4v) is 3.09. The average molecular weight is 466 g/mol. The summed E-state index contributed by atoms with van der Waals surface area (Å²) in [6.07, 6.45) is -0.818. The summed E-state index contributed by atoms with van der Waals surface area (Å²) in [6.45, 7) is 4.99. The van der Waals surface area contributed by atoms with Gasteiger partial charge in [-0.1, -0.05) is 23.7 Å². The van der Waals surface area contributed by atoms with E-state index in [0.29, 0.717) is 27.6 Å². The van der Waals surface area contributed by atoms with Crippen molar-refractivity contribution < 1.29 is 23.9 Å². The fraction of sp³-hybridized carbons (Fsp3) is 0.192. The number of rotatable bonds is 8. The maximum atomic E-state index is 12.4. The highest BCUT2D eigenvalue weighted by Gasteiger charge is 2.17. The molecular weight excluding hydrogens is 442 g/mol. The molecule has 3 aromatic carbocycles. The van der Waals surface area contributed by atoms with E-state index in [1.807, 2.05) is 6.92 Å². The van der Waals surface area contributed by atoms with E-state index in [0.717, 1.165) is 11.1 Å². The molecule has 0 aliphatic rings. The number of nitrogens with one attached hydrogen (secondary N) is 1. The van der Waals surface area contributed by atoms with E-state index in [9.17, 15) is 14.4 Å². The summed E-state index contributed by atoms with van der Waals surface area (Å²) in [7, 11) is 0. The van der Waals surface area contributed by atoms with Crippen LogP contribution >= 0.6 is 11.6 Å². The molecule has 0 saturated carbocycles. The molecule has 0 radical (unpaired) electrons. The number of aryl methyl sites for hydroxylation is 1. The minimum Gasteiger partial charge on any atom is -0.479 e. The van der Waals surface area contributed by atoms with Crippen molar-refractivity contribution in [1.82, 2.24) is 0 Å². The first-order chi connectivity index (χ1) is 15.7. The Morgan fingerprint density at radius 3 is 2.18 bits per heavy atom. The highest BCUT2D eigenvalue weighted by Crippen LogP contribution is 2.20. The Kier molecular flexibility index (Phi) is 7.85. The van der Waals surface area contributed by atoms with Crippen LogP contribution in [0.2, 0.25) is 5.02 Å². The molecule has 0 aromatic heterocycles. The monoisotopic (exact) mass is 465 g/mol. The maximum absolute atomic E-state index is 12.4. The van der Waals surface area contributed by atoms with Gasteiger partial charge in [0.05, 0.1) is 0 Å². The number of esters is 1. The number of hydrogen-bond acceptors (Lipinski definition) is 5. The first-order valence-electron chi connectivity index (χ1n) is 10.3. The van der Waals surface area contributed by atoms with Crippen LogP contribution < -0.4 is 10.1 Å². The first-order valence-corrected chi connectivity index (χ1v) is 10.7. The van der Waals surface area contributed by atoms with Crippen molar-refractivity contribution in [2.24, 2.45) is 0 Å². The molecule has 0 spiro atoms. The standard InChI is InChI=1S/C26H24ClNO5/c1-16-14-22(10-13-24(16)27)28-25(30)21-6-4-19(5-7-21)15-32-26(31)18(3)33-23-11-8-20(9-12-23)17(2)29/h4-14,18H,15H2,1-3H3,(H,28,30). The molecule has 0 saturated heterocycles. The summed E-state index contributed by atoms with van der Waals surface area (Å²) < 4.78 is 10.9. The molecule has 3 rings (SSSR count). The molecule has 1 atom stereocenters. The lowest BCUT2D eigenvalue weighted by molar-refractivity contribution is -0.152. The van der Waals surface area contributed by atoms with Crippen molar-refractivity contribution in [1.29, 1.82) is 0 Å². The van der Waals surface area contributed by atoms with Gasteiger partial charge < -0.3 is 14.8 Å². The van der Waals surface area contributed by atoms with Crippen LogP contribution in [0.15, 0.2) is 66.7 Å². The van der Waals surface area contributed by atoms with Crippen molar-refractivity contribution in [2.45, 2.75) is 33.5 Å². The number of hydrogen-bond donors (Lipinski definition) is 1. The second-order valence-corrected chi connectivity index (χ2v) is 7.97. The number of ketones is 1. The molecule has 0 bridgehead atoms. The van der Waals surface area contributed by atoms with Crippen LogP contribution in [0.25, 0.3) is 0 Å². The van der Waals surface area contributed by atoms with Crippen molar-refractivity contribution in [2.75, 3.05) is 5.32 Å². The predicted octanol–water partition coefficient (Wildman–Crippen LogP) is 5.61. The second kappa shape index (κ2) is 10.8. The van der Waals surface area contributed by atoms with Gasteiger partial charge in [-0.25, -0.2) is 4.79 Å². The Hall–Kier alpha value is -3.64. The van der Waals surface area contributed by atoms with E-state index in [2.05, 4.69) is 5.32 Å². The summed E-state index contributed by atoms with van der Waals surface area (Å²) in [5, 5.41) is 3.46. The predicted molar refractivity (Wildman–Crippen MR) is 127 cm³/mol. The normalized spacial score (nSPS) is 11.4. The number of amides is 1. The summed E-state index contributed by atoms with van der Waals surface area (Å²) in [4.78, 5) is 36.0. The maximum Gasteiger partial charge on any atom is 0.347 e. The average Bonchev–Trinajstić information content (AvgIpc) is 2.80. The SMILES string of the molecule is CC(=O)c1ccc(OC(C)C(=O)OCc2ccc(C(=O)Nc3ccc(Cl)c(C)c3)cc2)cc1. The summed E-state index contributed by atoms with van der Waals surface area (Å²) in [5.41, 5.74) is 3.31. The number of halogens is 1. The quantitative estimate of drug-likeness (QED) is 0.345. The molecule has 33 heavy (non-hydrogen) atoms. The van der Waals surface area contributed by atoms with Crippen LogP contribution in [-0.4, -0.2) is 23.8 Å². The van der Waals surface area contributed by atoms with E-state index < -0.39 is 12.1 Å². The molecule has 0 aliphatic heterocycles. The van der Waals surface area contributed by atoms with Gasteiger partial charge in [0, 0.05) is 21.8 Å². The molecule has 0 fully saturated rings. The van der Waals surface area contributed by atoms with Gasteiger partial charge in [0.1, 0.15) is 12.4 Å². The van der Waals surface area contributed by atoms with Gasteiger partial charge in [0.2, 0.25) is 0 Å². The molecule has 1 N–H and O–H groups in total. The molecule has 0 heterocycles. The topological polar surface area (TPSA) is 81.7 Å². The number of carbonyl (C=O) groups excluding carboxylic acids is 3. The fourth-order valence-electron chi connectivity index (χ4n) is 2.97. The molecular formula is C26H24ClNO5. The summed E-state index contributed by atoms with van der Waals surface area (Å²) >= 11 is 6.01. The van der Waals surface area contributed by atoms with E-state index in [1.165, 1.54) is 6.92 Å². The zero-order valence-electron chi connectivity index (χ0n) is 18.6. The van der Waals surface area contributed by atoms with Crippen molar-refractivity contribution in [3.63, 3.8) is 0 Å².